The number of alkyl carbamates (subject to hydrolysis) is 1. The molecule has 0 aliphatic carbocycles. The Kier molecular flexibility index (Phi) is 15.7. The smallest absolute Gasteiger partial charge is 0.407 e. The average molecular weight is 612 g/mol. The molecule has 43 heavy (non-hydrogen) atoms. The number of carbonyl (C=O) groups excluding carboxylic acids is 6. The Hall–Kier alpha value is -3.71. The van der Waals surface area contributed by atoms with Gasteiger partial charge in [-0.1, -0.05) is 61.3 Å². The first kappa shape index (κ1) is 37.3. The van der Waals surface area contributed by atoms with E-state index in [1.807, 2.05) is 13.8 Å². The van der Waals surface area contributed by atoms with E-state index in [1.54, 1.807) is 34.6 Å². The molecule has 0 aromatic carbocycles. The highest BCUT2D eigenvalue weighted by Gasteiger charge is 2.40. The van der Waals surface area contributed by atoms with E-state index in [1.165, 1.54) is 4.90 Å². The third-order valence-corrected chi connectivity index (χ3v) is 7.23. The van der Waals surface area contributed by atoms with E-state index in [-0.39, 0.29) is 37.3 Å². The molecule has 0 aromatic rings. The molecule has 0 aromatic heterocycles. The number of nitrogens with one attached hydrogen (secondary N) is 4. The van der Waals surface area contributed by atoms with Gasteiger partial charge in [0.05, 0.1) is 19.2 Å². The molecule has 0 saturated carbocycles. The molecule has 14 heteroatoms. The zero-order chi connectivity index (χ0) is 32.9. The first-order chi connectivity index (χ1) is 20.1. The SMILES string of the molecule is CCCC(NC(=O)C1CCCN1C(=O)C(NC(=O)OCC(C)C)C(C)C)C(=O)C(=O)NCC(=O)NC(C(=O)O)C(C)CC. The molecule has 1 heterocycles. The maximum absolute atomic E-state index is 13.4. The number of Topliss-reactive ketones (excluding diaryl/α,β-unsaturated/α-hetero) is 1. The van der Waals surface area contributed by atoms with Crippen LogP contribution in [0.15, 0.2) is 0 Å². The quantitative estimate of drug-likeness (QED) is 0.149. The fourth-order valence-corrected chi connectivity index (χ4v) is 4.55. The van der Waals surface area contributed by atoms with Gasteiger partial charge in [-0.3, -0.25) is 24.0 Å². The summed E-state index contributed by atoms with van der Waals surface area (Å²) in [5.74, 6) is -5.65. The van der Waals surface area contributed by atoms with Crippen LogP contribution in [0.5, 0.6) is 0 Å². The minimum atomic E-state index is -1.21. The molecule has 5 N–H and O–H groups in total. The summed E-state index contributed by atoms with van der Waals surface area (Å²) >= 11 is 0. The van der Waals surface area contributed by atoms with Gasteiger partial charge in [-0.15, -0.1) is 0 Å². The number of hydrogen-bond acceptors (Lipinski definition) is 8. The Morgan fingerprint density at radius 2 is 1.58 bits per heavy atom. The van der Waals surface area contributed by atoms with E-state index in [2.05, 4.69) is 21.3 Å². The number of aliphatic carboxylic acids is 1. The normalized spacial score (nSPS) is 17.4. The summed E-state index contributed by atoms with van der Waals surface area (Å²) in [6, 6.07) is -4.18. The standard InChI is InChI=1S/C29H49N5O9/c1-8-11-19(24(36)26(38)30-14-21(35)32-23(28(40)41)18(7)9-2)31-25(37)20-12-10-13-34(20)27(39)22(17(5)6)33-29(42)43-15-16(3)4/h16-20,22-23H,8-15H2,1-7H3,(H,30,38)(H,31,37)(H,32,35)(H,33,42)(H,40,41). The summed E-state index contributed by atoms with van der Waals surface area (Å²) in [5, 5.41) is 19.1. The molecule has 5 atom stereocenters. The molecule has 244 valence electrons. The Morgan fingerprint density at radius 1 is 0.930 bits per heavy atom. The second-order valence-corrected chi connectivity index (χ2v) is 11.7. The maximum Gasteiger partial charge on any atom is 0.407 e. The van der Waals surface area contributed by atoms with Crippen LogP contribution in [-0.2, 0) is 33.5 Å². The molecular formula is C29H49N5O9. The van der Waals surface area contributed by atoms with Crippen LogP contribution >= 0.6 is 0 Å². The van der Waals surface area contributed by atoms with Gasteiger partial charge in [0.15, 0.2) is 0 Å². The zero-order valence-corrected chi connectivity index (χ0v) is 26.4. The van der Waals surface area contributed by atoms with E-state index in [4.69, 9.17) is 4.74 Å². The van der Waals surface area contributed by atoms with Crippen molar-refractivity contribution in [1.29, 1.82) is 0 Å². The van der Waals surface area contributed by atoms with Gasteiger partial charge in [0.2, 0.25) is 23.5 Å². The minimum absolute atomic E-state index is 0.113. The molecular weight excluding hydrogens is 562 g/mol. The highest BCUT2D eigenvalue weighted by atomic mass is 16.5. The van der Waals surface area contributed by atoms with E-state index >= 15 is 0 Å². The molecule has 5 amide bonds. The van der Waals surface area contributed by atoms with Crippen molar-refractivity contribution in [3.8, 4) is 0 Å². The molecule has 1 saturated heterocycles. The van der Waals surface area contributed by atoms with Gasteiger partial charge in [-0.05, 0) is 37.0 Å². The lowest BCUT2D eigenvalue weighted by atomic mass is 9.99. The van der Waals surface area contributed by atoms with Crippen molar-refractivity contribution in [2.75, 3.05) is 19.7 Å². The topological polar surface area (TPSA) is 200 Å². The Balaban J connectivity index is 2.87. The third-order valence-electron chi connectivity index (χ3n) is 7.23. The molecule has 1 fully saturated rings. The Bertz CT molecular complexity index is 1020. The first-order valence-electron chi connectivity index (χ1n) is 15.0. The van der Waals surface area contributed by atoms with Gasteiger partial charge in [-0.2, -0.15) is 0 Å². The Morgan fingerprint density at radius 3 is 2.12 bits per heavy atom. The highest BCUT2D eigenvalue weighted by Crippen LogP contribution is 2.21. The van der Waals surface area contributed by atoms with Crippen molar-refractivity contribution < 1.29 is 43.4 Å². The number of amides is 5. The van der Waals surface area contributed by atoms with E-state index in [0.29, 0.717) is 25.7 Å². The summed E-state index contributed by atoms with van der Waals surface area (Å²) in [6.45, 7) is 12.3. The van der Waals surface area contributed by atoms with Gasteiger partial charge in [0, 0.05) is 6.54 Å². The molecule has 0 radical (unpaired) electrons. The van der Waals surface area contributed by atoms with Crippen LogP contribution in [0.25, 0.3) is 0 Å². The van der Waals surface area contributed by atoms with Crippen LogP contribution in [0.1, 0.15) is 80.6 Å². The number of hydrogen-bond donors (Lipinski definition) is 5. The summed E-state index contributed by atoms with van der Waals surface area (Å²) in [5.41, 5.74) is 0. The average Bonchev–Trinajstić information content (AvgIpc) is 3.45. The zero-order valence-electron chi connectivity index (χ0n) is 26.4. The largest absolute Gasteiger partial charge is 0.480 e. The van der Waals surface area contributed by atoms with E-state index in [9.17, 15) is 38.7 Å². The number of carbonyl (C=O) groups is 7. The lowest BCUT2D eigenvalue weighted by Gasteiger charge is -2.31. The fourth-order valence-electron chi connectivity index (χ4n) is 4.55. The van der Waals surface area contributed by atoms with Crippen molar-refractivity contribution in [3.05, 3.63) is 0 Å². The van der Waals surface area contributed by atoms with E-state index < -0.39 is 72.2 Å². The molecule has 1 aliphatic rings. The number of nitrogens with zero attached hydrogens (tertiary/aromatic N) is 1. The van der Waals surface area contributed by atoms with Crippen LogP contribution in [0.4, 0.5) is 4.79 Å². The van der Waals surface area contributed by atoms with E-state index in [0.717, 1.165) is 0 Å². The lowest BCUT2D eigenvalue weighted by Crippen LogP contribution is -2.57. The molecule has 14 nitrogen and oxygen atoms in total. The predicted molar refractivity (Wildman–Crippen MR) is 157 cm³/mol. The summed E-state index contributed by atoms with van der Waals surface area (Å²) in [7, 11) is 0. The third kappa shape index (κ3) is 11.8. The summed E-state index contributed by atoms with van der Waals surface area (Å²) < 4.78 is 5.15. The van der Waals surface area contributed by atoms with Crippen molar-refractivity contribution in [2.24, 2.45) is 17.8 Å². The van der Waals surface area contributed by atoms with Crippen molar-refractivity contribution in [3.63, 3.8) is 0 Å². The maximum atomic E-state index is 13.4. The number of carboxylic acids is 1. The van der Waals surface area contributed by atoms with Crippen molar-refractivity contribution in [1.82, 2.24) is 26.2 Å². The van der Waals surface area contributed by atoms with Crippen LogP contribution < -0.4 is 21.3 Å². The van der Waals surface area contributed by atoms with Crippen LogP contribution in [0.3, 0.4) is 0 Å². The summed E-state index contributed by atoms with van der Waals surface area (Å²) in [4.78, 5) is 89.6. The molecule has 1 rings (SSSR count). The second-order valence-electron chi connectivity index (χ2n) is 11.7. The van der Waals surface area contributed by atoms with Crippen molar-refractivity contribution >= 4 is 41.5 Å². The number of ether oxygens (including phenoxy) is 1. The van der Waals surface area contributed by atoms with Gasteiger partial charge < -0.3 is 36.0 Å². The van der Waals surface area contributed by atoms with Crippen molar-refractivity contribution in [2.45, 2.75) is 105 Å². The monoisotopic (exact) mass is 611 g/mol. The van der Waals surface area contributed by atoms with Crippen LogP contribution in [-0.4, -0.2) is 95.3 Å². The van der Waals surface area contributed by atoms with Crippen LogP contribution in [0, 0.1) is 17.8 Å². The first-order valence-corrected chi connectivity index (χ1v) is 15.0. The van der Waals surface area contributed by atoms with Gasteiger partial charge >= 0.3 is 12.1 Å². The number of ketones is 1. The Labute approximate surface area is 253 Å². The molecule has 1 aliphatic heterocycles. The second kappa shape index (κ2) is 18.1. The van der Waals surface area contributed by atoms with Gasteiger partial charge in [0.1, 0.15) is 18.1 Å². The number of carboxylic acid groups (broad SMARTS) is 1. The number of rotatable bonds is 17. The number of likely N-dealkylation sites (tertiary alicyclic amines) is 1. The lowest BCUT2D eigenvalue weighted by molar-refractivity contribution is -0.144. The highest BCUT2D eigenvalue weighted by molar-refractivity contribution is 6.38. The predicted octanol–water partition coefficient (Wildman–Crippen LogP) is 0.970. The van der Waals surface area contributed by atoms with Crippen LogP contribution in [0.2, 0.25) is 0 Å². The van der Waals surface area contributed by atoms with Gasteiger partial charge in [0.25, 0.3) is 5.91 Å². The molecule has 5 unspecified atom stereocenters. The fraction of sp³-hybridized carbons (Fsp3) is 0.759. The minimum Gasteiger partial charge on any atom is -0.480 e. The van der Waals surface area contributed by atoms with Gasteiger partial charge in [-0.25, -0.2) is 9.59 Å². The summed E-state index contributed by atoms with van der Waals surface area (Å²) in [6.07, 6.45) is 1.22. The molecule has 0 spiro atoms. The molecule has 0 bridgehead atoms.